The summed E-state index contributed by atoms with van der Waals surface area (Å²) in [7, 11) is 1.77. The van der Waals surface area contributed by atoms with Crippen LogP contribution in [0.4, 0.5) is 0 Å². The number of hydrogen-bond donors (Lipinski definition) is 0. The van der Waals surface area contributed by atoms with Crippen LogP contribution in [0.25, 0.3) is 0 Å². The highest BCUT2D eigenvalue weighted by Crippen LogP contribution is 2.04. The first-order valence-corrected chi connectivity index (χ1v) is 4.00. The van der Waals surface area contributed by atoms with Crippen molar-refractivity contribution in [2.24, 2.45) is 0 Å². The minimum atomic E-state index is 0.131. The van der Waals surface area contributed by atoms with Gasteiger partial charge in [-0.15, -0.1) is 0 Å². The third-order valence-electron chi connectivity index (χ3n) is 1.70. The standard InChI is InChI=1S/C9H13NO2/c1-3-9(11)10(2)7-8-5-4-6-12-8/h4-6H,3,7H2,1-2H3. The zero-order valence-corrected chi connectivity index (χ0v) is 7.41. The molecule has 0 aromatic carbocycles. The lowest BCUT2D eigenvalue weighted by Crippen LogP contribution is -2.24. The highest BCUT2D eigenvalue weighted by molar-refractivity contribution is 5.75. The maximum atomic E-state index is 11.1. The maximum absolute atomic E-state index is 11.1. The van der Waals surface area contributed by atoms with Gasteiger partial charge in [0.2, 0.25) is 5.91 Å². The minimum Gasteiger partial charge on any atom is -0.467 e. The Morgan fingerprint density at radius 3 is 2.92 bits per heavy atom. The first-order chi connectivity index (χ1) is 5.74. The number of furan rings is 1. The van der Waals surface area contributed by atoms with Crippen molar-refractivity contribution < 1.29 is 9.21 Å². The molecule has 0 aliphatic rings. The van der Waals surface area contributed by atoms with Gasteiger partial charge in [-0.25, -0.2) is 0 Å². The average Bonchev–Trinajstić information content (AvgIpc) is 2.55. The smallest absolute Gasteiger partial charge is 0.222 e. The summed E-state index contributed by atoms with van der Waals surface area (Å²) < 4.78 is 5.10. The SMILES string of the molecule is CCC(=O)N(C)Cc1ccco1. The number of rotatable bonds is 3. The van der Waals surface area contributed by atoms with Gasteiger partial charge in [-0.1, -0.05) is 6.92 Å². The van der Waals surface area contributed by atoms with Crippen molar-refractivity contribution in [2.45, 2.75) is 19.9 Å². The summed E-state index contributed by atoms with van der Waals surface area (Å²) in [5.74, 6) is 0.950. The van der Waals surface area contributed by atoms with E-state index in [0.717, 1.165) is 5.76 Å². The van der Waals surface area contributed by atoms with Gasteiger partial charge in [0.15, 0.2) is 0 Å². The zero-order chi connectivity index (χ0) is 8.97. The Morgan fingerprint density at radius 1 is 1.67 bits per heavy atom. The Bertz CT molecular complexity index is 241. The van der Waals surface area contributed by atoms with E-state index in [1.54, 1.807) is 18.2 Å². The van der Waals surface area contributed by atoms with Crippen molar-refractivity contribution in [1.82, 2.24) is 4.90 Å². The van der Waals surface area contributed by atoms with Crippen LogP contribution in [0.2, 0.25) is 0 Å². The molecule has 0 atom stereocenters. The number of carbonyl (C=O) groups excluding carboxylic acids is 1. The van der Waals surface area contributed by atoms with Crippen molar-refractivity contribution >= 4 is 5.91 Å². The molecule has 3 nitrogen and oxygen atoms in total. The van der Waals surface area contributed by atoms with E-state index in [0.29, 0.717) is 13.0 Å². The van der Waals surface area contributed by atoms with Crippen LogP contribution in [0.1, 0.15) is 19.1 Å². The second-order valence-electron chi connectivity index (χ2n) is 2.68. The van der Waals surface area contributed by atoms with Gasteiger partial charge in [0, 0.05) is 13.5 Å². The van der Waals surface area contributed by atoms with Crippen LogP contribution in [0.3, 0.4) is 0 Å². The Labute approximate surface area is 72.0 Å². The van der Waals surface area contributed by atoms with Gasteiger partial charge in [0.1, 0.15) is 5.76 Å². The number of carbonyl (C=O) groups is 1. The van der Waals surface area contributed by atoms with Gasteiger partial charge < -0.3 is 9.32 Å². The summed E-state index contributed by atoms with van der Waals surface area (Å²) >= 11 is 0. The molecule has 0 radical (unpaired) electrons. The Hall–Kier alpha value is -1.25. The monoisotopic (exact) mass is 167 g/mol. The Kier molecular flexibility index (Phi) is 2.91. The van der Waals surface area contributed by atoms with Gasteiger partial charge in [0.25, 0.3) is 0 Å². The van der Waals surface area contributed by atoms with E-state index in [2.05, 4.69) is 0 Å². The van der Waals surface area contributed by atoms with Gasteiger partial charge in [-0.05, 0) is 12.1 Å². The van der Waals surface area contributed by atoms with E-state index in [4.69, 9.17) is 4.42 Å². The van der Waals surface area contributed by atoms with Gasteiger partial charge in [-0.3, -0.25) is 4.79 Å². The maximum Gasteiger partial charge on any atom is 0.222 e. The summed E-state index contributed by atoms with van der Waals surface area (Å²) in [4.78, 5) is 12.8. The van der Waals surface area contributed by atoms with Crippen LogP contribution in [-0.2, 0) is 11.3 Å². The summed E-state index contributed by atoms with van der Waals surface area (Å²) in [5.41, 5.74) is 0. The third-order valence-corrected chi connectivity index (χ3v) is 1.70. The molecule has 0 bridgehead atoms. The van der Waals surface area contributed by atoms with Crippen molar-refractivity contribution in [3.63, 3.8) is 0 Å². The lowest BCUT2D eigenvalue weighted by molar-refractivity contribution is -0.130. The molecule has 12 heavy (non-hydrogen) atoms. The quantitative estimate of drug-likeness (QED) is 0.685. The van der Waals surface area contributed by atoms with E-state index < -0.39 is 0 Å². The van der Waals surface area contributed by atoms with Crippen LogP contribution < -0.4 is 0 Å². The Balaban J connectivity index is 2.47. The third kappa shape index (κ3) is 2.12. The molecule has 1 aromatic heterocycles. The fourth-order valence-electron chi connectivity index (χ4n) is 0.994. The molecule has 0 aliphatic carbocycles. The molecule has 1 heterocycles. The van der Waals surface area contributed by atoms with Gasteiger partial charge in [-0.2, -0.15) is 0 Å². The molecule has 0 N–H and O–H groups in total. The molecular weight excluding hydrogens is 154 g/mol. The summed E-state index contributed by atoms with van der Waals surface area (Å²) in [6.45, 7) is 2.40. The molecule has 1 rings (SSSR count). The largest absolute Gasteiger partial charge is 0.467 e. The van der Waals surface area contributed by atoms with Crippen molar-refractivity contribution in [2.75, 3.05) is 7.05 Å². The molecule has 1 amide bonds. The van der Waals surface area contributed by atoms with E-state index in [1.165, 1.54) is 0 Å². The van der Waals surface area contributed by atoms with Crippen molar-refractivity contribution in [3.8, 4) is 0 Å². The lowest BCUT2D eigenvalue weighted by Gasteiger charge is -2.13. The second-order valence-corrected chi connectivity index (χ2v) is 2.68. The van der Waals surface area contributed by atoms with Crippen LogP contribution in [0.15, 0.2) is 22.8 Å². The number of amides is 1. The number of hydrogen-bond acceptors (Lipinski definition) is 2. The molecule has 0 saturated carbocycles. The highest BCUT2D eigenvalue weighted by atomic mass is 16.3. The van der Waals surface area contributed by atoms with E-state index in [-0.39, 0.29) is 5.91 Å². The molecular formula is C9H13NO2. The lowest BCUT2D eigenvalue weighted by atomic mass is 10.3. The fraction of sp³-hybridized carbons (Fsp3) is 0.444. The fourth-order valence-corrected chi connectivity index (χ4v) is 0.994. The van der Waals surface area contributed by atoms with Crippen LogP contribution in [0, 0.1) is 0 Å². The predicted molar refractivity (Wildman–Crippen MR) is 45.5 cm³/mol. The van der Waals surface area contributed by atoms with Crippen LogP contribution in [0.5, 0.6) is 0 Å². The van der Waals surface area contributed by atoms with Crippen LogP contribution in [-0.4, -0.2) is 17.9 Å². The molecule has 66 valence electrons. The normalized spacial score (nSPS) is 9.83. The topological polar surface area (TPSA) is 33.5 Å². The minimum absolute atomic E-state index is 0.131. The van der Waals surface area contributed by atoms with Gasteiger partial charge in [0.05, 0.1) is 12.8 Å². The van der Waals surface area contributed by atoms with Crippen molar-refractivity contribution in [1.29, 1.82) is 0 Å². The van der Waals surface area contributed by atoms with E-state index in [9.17, 15) is 4.79 Å². The summed E-state index contributed by atoms with van der Waals surface area (Å²) in [6, 6.07) is 3.68. The first-order valence-electron chi connectivity index (χ1n) is 4.00. The average molecular weight is 167 g/mol. The Morgan fingerprint density at radius 2 is 2.42 bits per heavy atom. The van der Waals surface area contributed by atoms with Gasteiger partial charge >= 0.3 is 0 Å². The van der Waals surface area contributed by atoms with E-state index >= 15 is 0 Å². The second kappa shape index (κ2) is 3.95. The highest BCUT2D eigenvalue weighted by Gasteiger charge is 2.07. The predicted octanol–water partition coefficient (Wildman–Crippen LogP) is 1.65. The van der Waals surface area contributed by atoms with Crippen molar-refractivity contribution in [3.05, 3.63) is 24.2 Å². The summed E-state index contributed by atoms with van der Waals surface area (Å²) in [5, 5.41) is 0. The molecule has 0 unspecified atom stereocenters. The molecule has 0 spiro atoms. The number of nitrogens with zero attached hydrogens (tertiary/aromatic N) is 1. The van der Waals surface area contributed by atoms with E-state index in [1.807, 2.05) is 19.1 Å². The molecule has 1 aromatic rings. The molecule has 0 saturated heterocycles. The first kappa shape index (κ1) is 8.84. The molecule has 3 heteroatoms. The van der Waals surface area contributed by atoms with Crippen LogP contribution >= 0.6 is 0 Å². The molecule has 0 fully saturated rings. The summed E-state index contributed by atoms with van der Waals surface area (Å²) in [6.07, 6.45) is 2.15. The molecule has 0 aliphatic heterocycles. The zero-order valence-electron chi connectivity index (χ0n) is 7.41.